The summed E-state index contributed by atoms with van der Waals surface area (Å²) >= 11 is 0. The Morgan fingerprint density at radius 1 is 1.31 bits per heavy atom. The topological polar surface area (TPSA) is 72.2 Å². The SMILES string of the molecule is CCCS(=O)(=O)c1ccccc1NCCN. The summed E-state index contributed by atoms with van der Waals surface area (Å²) in [6.45, 7) is 2.90. The van der Waals surface area contributed by atoms with Crippen LogP contribution < -0.4 is 11.1 Å². The molecule has 0 radical (unpaired) electrons. The zero-order valence-electron chi connectivity index (χ0n) is 9.44. The van der Waals surface area contributed by atoms with Gasteiger partial charge >= 0.3 is 0 Å². The van der Waals surface area contributed by atoms with E-state index in [1.807, 2.05) is 13.0 Å². The summed E-state index contributed by atoms with van der Waals surface area (Å²) in [5.74, 6) is 0.175. The molecule has 0 unspecified atom stereocenters. The van der Waals surface area contributed by atoms with Gasteiger partial charge in [-0.3, -0.25) is 0 Å². The number of nitrogens with two attached hydrogens (primary N) is 1. The second-order valence-electron chi connectivity index (χ2n) is 3.53. The number of para-hydroxylation sites is 1. The standard InChI is InChI=1S/C11H18N2O2S/c1-2-9-16(14,15)11-6-4-3-5-10(11)13-8-7-12/h3-6,13H,2,7-9,12H2,1H3. The predicted molar refractivity (Wildman–Crippen MR) is 66.3 cm³/mol. The van der Waals surface area contributed by atoms with Crippen LogP contribution in [0, 0.1) is 0 Å². The van der Waals surface area contributed by atoms with Gasteiger partial charge in [-0.1, -0.05) is 19.1 Å². The molecule has 0 saturated carbocycles. The fraction of sp³-hybridized carbons (Fsp3) is 0.455. The normalized spacial score (nSPS) is 11.4. The van der Waals surface area contributed by atoms with E-state index in [0.717, 1.165) is 0 Å². The van der Waals surface area contributed by atoms with Crippen molar-refractivity contribution in [3.8, 4) is 0 Å². The van der Waals surface area contributed by atoms with Gasteiger partial charge in [0.25, 0.3) is 0 Å². The molecule has 0 fully saturated rings. The van der Waals surface area contributed by atoms with Gasteiger partial charge in [-0.15, -0.1) is 0 Å². The fourth-order valence-electron chi connectivity index (χ4n) is 1.47. The molecule has 1 aromatic rings. The Balaban J connectivity index is 3.03. The number of hydrogen-bond acceptors (Lipinski definition) is 4. The molecule has 16 heavy (non-hydrogen) atoms. The third kappa shape index (κ3) is 3.21. The lowest BCUT2D eigenvalue weighted by atomic mass is 10.3. The highest BCUT2D eigenvalue weighted by Gasteiger charge is 2.16. The molecule has 1 rings (SSSR count). The molecular weight excluding hydrogens is 224 g/mol. The van der Waals surface area contributed by atoms with Crippen LogP contribution in [0.15, 0.2) is 29.2 Å². The Hall–Kier alpha value is -1.07. The molecule has 0 spiro atoms. The average molecular weight is 242 g/mol. The molecule has 0 aliphatic carbocycles. The summed E-state index contributed by atoms with van der Waals surface area (Å²) in [4.78, 5) is 0.366. The summed E-state index contributed by atoms with van der Waals surface area (Å²) in [6, 6.07) is 6.93. The summed E-state index contributed by atoms with van der Waals surface area (Å²) in [7, 11) is -3.17. The zero-order chi connectivity index (χ0) is 12.0. The third-order valence-electron chi connectivity index (χ3n) is 2.15. The van der Waals surface area contributed by atoms with Crippen LogP contribution in [0.4, 0.5) is 5.69 Å². The molecule has 0 saturated heterocycles. The highest BCUT2D eigenvalue weighted by molar-refractivity contribution is 7.91. The molecule has 0 heterocycles. The Morgan fingerprint density at radius 3 is 2.62 bits per heavy atom. The Morgan fingerprint density at radius 2 is 2.00 bits per heavy atom. The minimum Gasteiger partial charge on any atom is -0.383 e. The molecule has 90 valence electrons. The first kappa shape index (κ1) is 13.0. The lowest BCUT2D eigenvalue weighted by Gasteiger charge is -2.11. The van der Waals surface area contributed by atoms with Crippen molar-refractivity contribution in [2.45, 2.75) is 18.2 Å². The molecule has 0 atom stereocenters. The van der Waals surface area contributed by atoms with Crippen LogP contribution in [0.25, 0.3) is 0 Å². The molecule has 1 aromatic carbocycles. The van der Waals surface area contributed by atoms with Crippen molar-refractivity contribution in [3.63, 3.8) is 0 Å². The van der Waals surface area contributed by atoms with Gasteiger partial charge in [0.05, 0.1) is 16.3 Å². The monoisotopic (exact) mass is 242 g/mol. The van der Waals surface area contributed by atoms with Gasteiger partial charge in [0, 0.05) is 13.1 Å². The molecular formula is C11H18N2O2S. The maximum atomic E-state index is 11.9. The first-order chi connectivity index (χ1) is 7.61. The van der Waals surface area contributed by atoms with Gasteiger partial charge in [0.15, 0.2) is 9.84 Å². The third-order valence-corrected chi connectivity index (χ3v) is 4.13. The Bertz CT molecular complexity index is 429. The van der Waals surface area contributed by atoms with Gasteiger partial charge in [-0.05, 0) is 18.6 Å². The Kier molecular flexibility index (Phi) is 4.76. The molecule has 0 aromatic heterocycles. The fourth-order valence-corrected chi connectivity index (χ4v) is 2.99. The molecule has 5 heteroatoms. The van der Waals surface area contributed by atoms with Crippen LogP contribution in [0.1, 0.15) is 13.3 Å². The van der Waals surface area contributed by atoms with E-state index in [9.17, 15) is 8.42 Å². The second-order valence-corrected chi connectivity index (χ2v) is 5.61. The van der Waals surface area contributed by atoms with E-state index >= 15 is 0 Å². The molecule has 4 nitrogen and oxygen atoms in total. The minimum atomic E-state index is -3.17. The lowest BCUT2D eigenvalue weighted by Crippen LogP contribution is -2.16. The van der Waals surface area contributed by atoms with E-state index in [4.69, 9.17) is 5.73 Å². The predicted octanol–water partition coefficient (Wildman–Crippen LogP) is 1.24. The summed E-state index contributed by atoms with van der Waals surface area (Å²) in [5, 5.41) is 3.02. The lowest BCUT2D eigenvalue weighted by molar-refractivity contribution is 0.595. The molecule has 0 amide bonds. The molecule has 0 aliphatic rings. The number of nitrogens with one attached hydrogen (secondary N) is 1. The molecule has 3 N–H and O–H groups in total. The van der Waals surface area contributed by atoms with Crippen LogP contribution in [0.3, 0.4) is 0 Å². The van der Waals surface area contributed by atoms with E-state index < -0.39 is 9.84 Å². The van der Waals surface area contributed by atoms with Crippen molar-refractivity contribution >= 4 is 15.5 Å². The van der Waals surface area contributed by atoms with Crippen molar-refractivity contribution < 1.29 is 8.42 Å². The van der Waals surface area contributed by atoms with E-state index in [1.54, 1.807) is 18.2 Å². The van der Waals surface area contributed by atoms with E-state index in [-0.39, 0.29) is 5.75 Å². The van der Waals surface area contributed by atoms with Gasteiger partial charge in [-0.25, -0.2) is 8.42 Å². The Labute approximate surface area is 96.8 Å². The van der Waals surface area contributed by atoms with Crippen molar-refractivity contribution in [2.75, 3.05) is 24.2 Å². The van der Waals surface area contributed by atoms with Crippen LogP contribution in [-0.2, 0) is 9.84 Å². The maximum Gasteiger partial charge on any atom is 0.180 e. The highest BCUT2D eigenvalue weighted by atomic mass is 32.2. The quantitative estimate of drug-likeness (QED) is 0.787. The smallest absolute Gasteiger partial charge is 0.180 e. The number of anilines is 1. The van der Waals surface area contributed by atoms with Crippen molar-refractivity contribution in [2.24, 2.45) is 5.73 Å². The maximum absolute atomic E-state index is 11.9. The van der Waals surface area contributed by atoms with Gasteiger partial charge in [-0.2, -0.15) is 0 Å². The summed E-state index contributed by atoms with van der Waals surface area (Å²) in [5.41, 5.74) is 6.02. The van der Waals surface area contributed by atoms with Crippen LogP contribution in [0.2, 0.25) is 0 Å². The number of benzene rings is 1. The second kappa shape index (κ2) is 5.86. The van der Waals surface area contributed by atoms with Gasteiger partial charge in [0.1, 0.15) is 0 Å². The van der Waals surface area contributed by atoms with Crippen LogP contribution in [0.5, 0.6) is 0 Å². The number of rotatable bonds is 6. The molecule has 0 aliphatic heterocycles. The summed E-state index contributed by atoms with van der Waals surface area (Å²) in [6.07, 6.45) is 0.619. The van der Waals surface area contributed by atoms with Crippen molar-refractivity contribution in [1.82, 2.24) is 0 Å². The molecule has 0 bridgehead atoms. The first-order valence-electron chi connectivity index (χ1n) is 5.37. The van der Waals surface area contributed by atoms with E-state index in [2.05, 4.69) is 5.32 Å². The summed E-state index contributed by atoms with van der Waals surface area (Å²) < 4.78 is 23.9. The minimum absolute atomic E-state index is 0.175. The van der Waals surface area contributed by atoms with Crippen molar-refractivity contribution in [1.29, 1.82) is 0 Å². The average Bonchev–Trinajstić information content (AvgIpc) is 2.26. The largest absolute Gasteiger partial charge is 0.383 e. The first-order valence-corrected chi connectivity index (χ1v) is 7.02. The number of sulfone groups is 1. The van der Waals surface area contributed by atoms with E-state index in [1.165, 1.54) is 0 Å². The number of hydrogen-bond donors (Lipinski definition) is 2. The zero-order valence-corrected chi connectivity index (χ0v) is 10.3. The van der Waals surface area contributed by atoms with Crippen LogP contribution in [-0.4, -0.2) is 27.3 Å². The van der Waals surface area contributed by atoms with Crippen LogP contribution >= 0.6 is 0 Å². The van der Waals surface area contributed by atoms with Gasteiger partial charge in [0.2, 0.25) is 0 Å². The van der Waals surface area contributed by atoms with Crippen molar-refractivity contribution in [3.05, 3.63) is 24.3 Å². The highest BCUT2D eigenvalue weighted by Crippen LogP contribution is 2.22. The van der Waals surface area contributed by atoms with Gasteiger partial charge < -0.3 is 11.1 Å². The van der Waals surface area contributed by atoms with E-state index in [0.29, 0.717) is 30.1 Å².